The van der Waals surface area contributed by atoms with Crippen LogP contribution in [-0.4, -0.2) is 17.6 Å². The van der Waals surface area contributed by atoms with Crippen LogP contribution in [0.15, 0.2) is 18.2 Å². The Labute approximate surface area is 122 Å². The topological polar surface area (TPSA) is 51.6 Å². The maximum absolute atomic E-state index is 8.93. The number of rotatable bonds is 1. The molecule has 1 aromatic heterocycles. The van der Waals surface area contributed by atoms with Gasteiger partial charge in [0, 0.05) is 29.3 Å². The van der Waals surface area contributed by atoms with Gasteiger partial charge in [0.25, 0.3) is 0 Å². The Morgan fingerprint density at radius 3 is 3.15 bits per heavy atom. The van der Waals surface area contributed by atoms with Crippen molar-refractivity contribution in [1.29, 1.82) is 5.26 Å². The van der Waals surface area contributed by atoms with Crippen molar-refractivity contribution in [2.24, 2.45) is 5.92 Å². The molecule has 0 bridgehead atoms. The van der Waals surface area contributed by atoms with Crippen LogP contribution in [0, 0.1) is 17.2 Å². The first-order chi connectivity index (χ1) is 9.78. The summed E-state index contributed by atoms with van der Waals surface area (Å²) in [5, 5.41) is 14.7. The first kappa shape index (κ1) is 12.3. The number of nitrogens with one attached hydrogen (secondary N) is 2. The maximum atomic E-state index is 8.93. The van der Waals surface area contributed by atoms with Crippen LogP contribution in [0.1, 0.15) is 29.9 Å². The van der Waals surface area contributed by atoms with Crippen molar-refractivity contribution in [1.82, 2.24) is 10.3 Å². The molecule has 0 radical (unpaired) electrons. The highest BCUT2D eigenvalue weighted by atomic mass is 35.5. The summed E-state index contributed by atoms with van der Waals surface area (Å²) in [7, 11) is 0. The summed E-state index contributed by atoms with van der Waals surface area (Å²) in [5.74, 6) is 0.970. The molecular weight excluding hydrogens is 270 g/mol. The van der Waals surface area contributed by atoms with Gasteiger partial charge in [-0.3, -0.25) is 0 Å². The van der Waals surface area contributed by atoms with Gasteiger partial charge in [-0.15, -0.1) is 0 Å². The number of aromatic amines is 1. The van der Waals surface area contributed by atoms with Crippen LogP contribution in [0.5, 0.6) is 0 Å². The van der Waals surface area contributed by atoms with Crippen molar-refractivity contribution < 1.29 is 0 Å². The minimum Gasteiger partial charge on any atom is -0.345 e. The molecule has 2 heterocycles. The van der Waals surface area contributed by atoms with Crippen molar-refractivity contribution in [3.05, 3.63) is 34.5 Å². The predicted octanol–water partition coefficient (Wildman–Crippen LogP) is 3.35. The van der Waals surface area contributed by atoms with Crippen molar-refractivity contribution in [2.75, 3.05) is 6.54 Å². The molecule has 4 rings (SSSR count). The average Bonchev–Trinajstić information content (AvgIpc) is 2.78. The number of hydrogen-bond acceptors (Lipinski definition) is 2. The Hall–Kier alpha value is -1.50. The number of hydrogen-bond donors (Lipinski definition) is 2. The van der Waals surface area contributed by atoms with E-state index >= 15 is 0 Å². The van der Waals surface area contributed by atoms with E-state index in [4.69, 9.17) is 16.9 Å². The zero-order chi connectivity index (χ0) is 13.7. The highest BCUT2D eigenvalue weighted by Gasteiger charge is 2.37. The lowest BCUT2D eigenvalue weighted by Crippen LogP contribution is -2.46. The molecule has 1 fully saturated rings. The molecule has 1 aliphatic heterocycles. The van der Waals surface area contributed by atoms with Gasteiger partial charge in [0.15, 0.2) is 0 Å². The number of fused-ring (bicyclic) bond motifs is 2. The molecule has 0 saturated carbocycles. The summed E-state index contributed by atoms with van der Waals surface area (Å²) >= 11 is 6.36. The highest BCUT2D eigenvalue weighted by Crippen LogP contribution is 2.44. The second-order valence-corrected chi connectivity index (χ2v) is 6.35. The lowest BCUT2D eigenvalue weighted by Gasteiger charge is -2.40. The summed E-state index contributed by atoms with van der Waals surface area (Å²) in [6, 6.07) is 9.19. The molecule has 0 amide bonds. The van der Waals surface area contributed by atoms with E-state index in [9.17, 15) is 0 Å². The third-order valence-corrected chi connectivity index (χ3v) is 5.18. The molecule has 3 nitrogen and oxygen atoms in total. The third kappa shape index (κ3) is 1.69. The fraction of sp³-hybridized carbons (Fsp3) is 0.438. The van der Waals surface area contributed by atoms with Gasteiger partial charge in [-0.2, -0.15) is 5.26 Å². The summed E-state index contributed by atoms with van der Waals surface area (Å²) in [4.78, 5) is 3.29. The fourth-order valence-electron chi connectivity index (χ4n) is 3.94. The first-order valence-corrected chi connectivity index (χ1v) is 7.55. The highest BCUT2D eigenvalue weighted by molar-refractivity contribution is 6.32. The molecule has 0 spiro atoms. The second kappa shape index (κ2) is 4.51. The van der Waals surface area contributed by atoms with Crippen LogP contribution in [0.2, 0.25) is 5.15 Å². The van der Waals surface area contributed by atoms with E-state index in [0.29, 0.717) is 24.3 Å². The van der Waals surface area contributed by atoms with E-state index < -0.39 is 0 Å². The standard InChI is InChI=1S/C16H16ClN3/c17-16-12-7-14-11(6-9(4-5-18)8-19-14)10-2-1-3-13(20-16)15(10)12/h1-3,9,11,14,19-20H,4,6-8H2/t9?,11?,14-/m1/s1. The van der Waals surface area contributed by atoms with Gasteiger partial charge in [-0.05, 0) is 42.5 Å². The summed E-state index contributed by atoms with van der Waals surface area (Å²) in [6.45, 7) is 0.947. The molecule has 1 aromatic carbocycles. The Morgan fingerprint density at radius 1 is 1.40 bits per heavy atom. The van der Waals surface area contributed by atoms with E-state index in [-0.39, 0.29) is 0 Å². The van der Waals surface area contributed by atoms with Crippen LogP contribution in [-0.2, 0) is 6.42 Å². The molecule has 2 aromatic rings. The van der Waals surface area contributed by atoms with E-state index in [1.807, 2.05) is 0 Å². The molecule has 1 aliphatic carbocycles. The number of aromatic nitrogens is 1. The molecule has 4 heteroatoms. The van der Waals surface area contributed by atoms with Gasteiger partial charge < -0.3 is 10.3 Å². The molecule has 102 valence electrons. The zero-order valence-corrected chi connectivity index (χ0v) is 11.9. The number of benzene rings is 1. The van der Waals surface area contributed by atoms with Crippen LogP contribution < -0.4 is 5.32 Å². The summed E-state index contributed by atoms with van der Waals surface area (Å²) < 4.78 is 0. The zero-order valence-electron chi connectivity index (χ0n) is 11.1. The first-order valence-electron chi connectivity index (χ1n) is 7.17. The maximum Gasteiger partial charge on any atom is 0.110 e. The van der Waals surface area contributed by atoms with Gasteiger partial charge in [0.1, 0.15) is 5.15 Å². The van der Waals surface area contributed by atoms with Crippen molar-refractivity contribution in [3.8, 4) is 6.07 Å². The van der Waals surface area contributed by atoms with Gasteiger partial charge in [-0.1, -0.05) is 23.7 Å². The van der Waals surface area contributed by atoms with Gasteiger partial charge in [0.05, 0.1) is 6.07 Å². The predicted molar refractivity (Wildman–Crippen MR) is 79.9 cm³/mol. The van der Waals surface area contributed by atoms with Gasteiger partial charge in [-0.25, -0.2) is 0 Å². The van der Waals surface area contributed by atoms with E-state index in [0.717, 1.165) is 30.1 Å². The molecule has 3 atom stereocenters. The molecule has 2 N–H and O–H groups in total. The number of piperidine rings is 1. The average molecular weight is 286 g/mol. The van der Waals surface area contributed by atoms with Crippen LogP contribution in [0.25, 0.3) is 10.9 Å². The number of nitriles is 1. The van der Waals surface area contributed by atoms with Crippen molar-refractivity contribution in [3.63, 3.8) is 0 Å². The van der Waals surface area contributed by atoms with Crippen molar-refractivity contribution in [2.45, 2.75) is 31.2 Å². The normalized spacial score (nSPS) is 28.1. The Balaban J connectivity index is 1.82. The Kier molecular flexibility index (Phi) is 2.76. The fourth-order valence-corrected chi connectivity index (χ4v) is 4.22. The molecule has 20 heavy (non-hydrogen) atoms. The molecule has 2 aliphatic rings. The van der Waals surface area contributed by atoms with E-state index in [1.165, 1.54) is 16.5 Å². The summed E-state index contributed by atoms with van der Waals surface area (Å²) in [6.07, 6.45) is 2.74. The van der Waals surface area contributed by atoms with Crippen molar-refractivity contribution >= 4 is 22.5 Å². The molecule has 2 unspecified atom stereocenters. The number of halogens is 1. The minimum absolute atomic E-state index is 0.455. The van der Waals surface area contributed by atoms with E-state index in [1.54, 1.807) is 0 Å². The molecular formula is C16H16ClN3. The van der Waals surface area contributed by atoms with Crippen LogP contribution in [0.4, 0.5) is 0 Å². The quantitative estimate of drug-likeness (QED) is 0.844. The third-order valence-electron chi connectivity index (χ3n) is 4.85. The Morgan fingerprint density at radius 2 is 2.30 bits per heavy atom. The lowest BCUT2D eigenvalue weighted by atomic mass is 9.73. The van der Waals surface area contributed by atoms with Crippen LogP contribution >= 0.6 is 11.6 Å². The SMILES string of the molecule is N#CCC1CN[C@@H]2Cc3c(Cl)[nH]c4cccc(c34)C2C1. The minimum atomic E-state index is 0.455. The largest absolute Gasteiger partial charge is 0.345 e. The van der Waals surface area contributed by atoms with E-state index in [2.05, 4.69) is 34.6 Å². The second-order valence-electron chi connectivity index (χ2n) is 5.98. The van der Waals surface area contributed by atoms with Gasteiger partial charge >= 0.3 is 0 Å². The van der Waals surface area contributed by atoms with Crippen LogP contribution in [0.3, 0.4) is 0 Å². The number of H-pyrrole nitrogens is 1. The number of nitrogens with zero attached hydrogens (tertiary/aromatic N) is 1. The Bertz CT molecular complexity index is 712. The molecule has 1 saturated heterocycles. The monoisotopic (exact) mass is 285 g/mol. The smallest absolute Gasteiger partial charge is 0.110 e. The summed E-state index contributed by atoms with van der Waals surface area (Å²) in [5.41, 5.74) is 3.79. The van der Waals surface area contributed by atoms with Gasteiger partial charge in [0.2, 0.25) is 0 Å². The lowest BCUT2D eigenvalue weighted by molar-refractivity contribution is 0.271.